The van der Waals surface area contributed by atoms with Gasteiger partial charge < -0.3 is 9.88 Å². The monoisotopic (exact) mass is 423 g/mol. The van der Waals surface area contributed by atoms with Gasteiger partial charge in [0.25, 0.3) is 5.91 Å². The van der Waals surface area contributed by atoms with Crippen molar-refractivity contribution in [3.8, 4) is 0 Å². The van der Waals surface area contributed by atoms with Gasteiger partial charge in [0, 0.05) is 30.9 Å². The van der Waals surface area contributed by atoms with Crippen molar-refractivity contribution in [2.45, 2.75) is 43.2 Å². The number of benzene rings is 1. The summed E-state index contributed by atoms with van der Waals surface area (Å²) in [6, 6.07) is 10.0. The van der Waals surface area contributed by atoms with Crippen molar-refractivity contribution in [1.29, 1.82) is 0 Å². The first-order valence-corrected chi connectivity index (χ1v) is 11.0. The molecule has 1 atom stereocenters. The Morgan fingerprint density at radius 3 is 2.50 bits per heavy atom. The minimum absolute atomic E-state index is 0.168. The van der Waals surface area contributed by atoms with Gasteiger partial charge in [-0.3, -0.25) is 9.69 Å². The van der Waals surface area contributed by atoms with E-state index in [-0.39, 0.29) is 16.3 Å². The Labute approximate surface area is 172 Å². The average Bonchev–Trinajstić information content (AvgIpc) is 3.06. The summed E-state index contributed by atoms with van der Waals surface area (Å²) in [6.07, 6.45) is 2.77. The van der Waals surface area contributed by atoms with Crippen LogP contribution in [-0.4, -0.2) is 43.9 Å². The summed E-state index contributed by atoms with van der Waals surface area (Å²) < 4.78 is 24.1. The number of amides is 1. The van der Waals surface area contributed by atoms with Gasteiger partial charge in [-0.25, -0.2) is 8.42 Å². The second-order valence-electron chi connectivity index (χ2n) is 7.21. The molecule has 0 saturated carbocycles. The largest absolute Gasteiger partial charge is 0.352 e. The molecule has 0 aliphatic carbocycles. The van der Waals surface area contributed by atoms with Crippen LogP contribution in [0.25, 0.3) is 0 Å². The van der Waals surface area contributed by atoms with E-state index in [1.54, 1.807) is 0 Å². The Morgan fingerprint density at radius 1 is 1.14 bits per heavy atom. The van der Waals surface area contributed by atoms with Crippen LogP contribution in [0.5, 0.6) is 0 Å². The fourth-order valence-electron chi connectivity index (χ4n) is 4.13. The lowest BCUT2D eigenvalue weighted by atomic mass is 9.83. The Hall–Kier alpha value is -1.83. The normalized spacial score (nSPS) is 19.6. The molecule has 1 aliphatic heterocycles. The molecule has 1 amide bonds. The quantitative estimate of drug-likeness (QED) is 0.672. The highest BCUT2D eigenvalue weighted by molar-refractivity contribution is 7.72. The van der Waals surface area contributed by atoms with Crippen molar-refractivity contribution >= 4 is 28.2 Å². The molecule has 8 heteroatoms. The summed E-state index contributed by atoms with van der Waals surface area (Å²) in [5, 5.41) is 3.73. The first-order valence-electron chi connectivity index (χ1n) is 9.48. The zero-order chi connectivity index (χ0) is 20.3. The molecule has 1 aliphatic rings. The topological polar surface area (TPSA) is 71.4 Å². The number of nitrogens with zero attached hydrogens (tertiary/aromatic N) is 2. The molecule has 0 spiro atoms. The number of carbonyl (C=O) groups excluding carboxylic acids is 1. The summed E-state index contributed by atoms with van der Waals surface area (Å²) in [5.41, 5.74) is 1.48. The minimum Gasteiger partial charge on any atom is -0.352 e. The first-order chi connectivity index (χ1) is 13.4. The van der Waals surface area contributed by atoms with E-state index in [9.17, 15) is 13.2 Å². The standard InChI is InChI=1S/C20H26ClN3O3S/c1-3-10-20(17-8-9-18(21)24(17)14-13-23(20)2)11-12-22-19(25)15-4-6-16(7-5-15)28(26)27/h4-9,28H,3,10-14H2,1-2H3,(H,22,25). The van der Waals surface area contributed by atoms with Gasteiger partial charge in [0.2, 0.25) is 0 Å². The van der Waals surface area contributed by atoms with Crippen molar-refractivity contribution in [2.24, 2.45) is 0 Å². The van der Waals surface area contributed by atoms with E-state index in [0.717, 1.165) is 37.5 Å². The predicted octanol–water partition coefficient (Wildman–Crippen LogP) is 2.87. The maximum absolute atomic E-state index is 12.5. The third-order valence-corrected chi connectivity index (χ3v) is 6.67. The number of nitrogens with one attached hydrogen (secondary N) is 1. The van der Waals surface area contributed by atoms with E-state index in [2.05, 4.69) is 34.8 Å². The van der Waals surface area contributed by atoms with E-state index in [4.69, 9.17) is 11.6 Å². The number of rotatable bonds is 7. The molecule has 0 bridgehead atoms. The van der Waals surface area contributed by atoms with Gasteiger partial charge in [-0.2, -0.15) is 0 Å². The van der Waals surface area contributed by atoms with Gasteiger partial charge in [0.05, 0.1) is 10.4 Å². The second-order valence-corrected chi connectivity index (χ2v) is 8.62. The summed E-state index contributed by atoms with van der Waals surface area (Å²) in [4.78, 5) is 15.0. The molecular weight excluding hydrogens is 398 g/mol. The molecular formula is C20H26ClN3O3S. The number of hydrogen-bond donors (Lipinski definition) is 2. The average molecular weight is 424 g/mol. The highest BCUT2D eigenvalue weighted by Gasteiger charge is 2.40. The molecule has 0 radical (unpaired) electrons. The van der Waals surface area contributed by atoms with Crippen LogP contribution in [0.1, 0.15) is 42.2 Å². The highest BCUT2D eigenvalue weighted by Crippen LogP contribution is 2.40. The fraction of sp³-hybridized carbons (Fsp3) is 0.450. The molecule has 1 N–H and O–H groups in total. The van der Waals surface area contributed by atoms with Crippen LogP contribution in [0.3, 0.4) is 0 Å². The van der Waals surface area contributed by atoms with Crippen LogP contribution >= 0.6 is 11.6 Å². The Balaban J connectivity index is 1.73. The smallest absolute Gasteiger partial charge is 0.251 e. The minimum atomic E-state index is -2.64. The zero-order valence-electron chi connectivity index (χ0n) is 16.2. The Bertz CT molecular complexity index is 915. The number of hydrogen-bond acceptors (Lipinski definition) is 4. The fourth-order valence-corrected chi connectivity index (χ4v) is 4.76. The molecule has 2 aromatic rings. The van der Waals surface area contributed by atoms with Crippen molar-refractivity contribution in [1.82, 2.24) is 14.8 Å². The van der Waals surface area contributed by atoms with Crippen LogP contribution in [0.15, 0.2) is 41.3 Å². The van der Waals surface area contributed by atoms with Gasteiger partial charge in [-0.15, -0.1) is 0 Å². The number of carbonyl (C=O) groups is 1. The van der Waals surface area contributed by atoms with E-state index >= 15 is 0 Å². The molecule has 1 aromatic carbocycles. The highest BCUT2D eigenvalue weighted by atomic mass is 35.5. The number of fused-ring (bicyclic) bond motifs is 1. The van der Waals surface area contributed by atoms with E-state index < -0.39 is 10.7 Å². The Kier molecular flexibility index (Phi) is 6.47. The van der Waals surface area contributed by atoms with Crippen LogP contribution < -0.4 is 5.32 Å². The lowest BCUT2D eigenvalue weighted by Gasteiger charge is -2.46. The predicted molar refractivity (Wildman–Crippen MR) is 111 cm³/mol. The number of halogens is 1. The number of aromatic nitrogens is 1. The van der Waals surface area contributed by atoms with E-state index in [1.807, 2.05) is 6.07 Å². The van der Waals surface area contributed by atoms with Gasteiger partial charge in [-0.1, -0.05) is 24.9 Å². The summed E-state index contributed by atoms with van der Waals surface area (Å²) in [6.45, 7) is 4.46. The van der Waals surface area contributed by atoms with Crippen molar-refractivity contribution in [2.75, 3.05) is 20.1 Å². The van der Waals surface area contributed by atoms with Crippen molar-refractivity contribution in [3.63, 3.8) is 0 Å². The lowest BCUT2D eigenvalue weighted by molar-refractivity contribution is 0.0594. The molecule has 6 nitrogen and oxygen atoms in total. The molecule has 1 aromatic heterocycles. The molecule has 3 rings (SSSR count). The number of likely N-dealkylation sites (N-methyl/N-ethyl adjacent to an activating group) is 1. The summed E-state index contributed by atoms with van der Waals surface area (Å²) in [7, 11) is -0.507. The summed E-state index contributed by atoms with van der Waals surface area (Å²) >= 11 is 6.36. The van der Waals surface area contributed by atoms with Crippen LogP contribution in [0.2, 0.25) is 5.15 Å². The molecule has 1 unspecified atom stereocenters. The zero-order valence-corrected chi connectivity index (χ0v) is 17.8. The van der Waals surface area contributed by atoms with Gasteiger partial charge in [-0.05, 0) is 56.3 Å². The first kappa shape index (κ1) is 20.9. The van der Waals surface area contributed by atoms with Gasteiger partial charge in [0.1, 0.15) is 5.15 Å². The SMILES string of the molecule is CCCC1(CCNC(=O)c2ccc([SH](=O)=O)cc2)c2ccc(Cl)n2CCN1C. The van der Waals surface area contributed by atoms with Gasteiger partial charge >= 0.3 is 0 Å². The molecule has 2 heterocycles. The van der Waals surface area contributed by atoms with Crippen molar-refractivity contribution in [3.05, 3.63) is 52.8 Å². The van der Waals surface area contributed by atoms with Crippen LogP contribution in [-0.2, 0) is 22.8 Å². The molecule has 0 fully saturated rings. The molecule has 152 valence electrons. The van der Waals surface area contributed by atoms with Gasteiger partial charge in [0.15, 0.2) is 10.7 Å². The maximum Gasteiger partial charge on any atom is 0.251 e. The van der Waals surface area contributed by atoms with Crippen LogP contribution in [0, 0.1) is 0 Å². The summed E-state index contributed by atoms with van der Waals surface area (Å²) in [5.74, 6) is -0.203. The third kappa shape index (κ3) is 3.97. The van der Waals surface area contributed by atoms with E-state index in [1.165, 1.54) is 30.0 Å². The molecule has 28 heavy (non-hydrogen) atoms. The second kappa shape index (κ2) is 8.68. The lowest BCUT2D eigenvalue weighted by Crippen LogP contribution is -2.51. The Morgan fingerprint density at radius 2 is 1.86 bits per heavy atom. The van der Waals surface area contributed by atoms with E-state index in [0.29, 0.717) is 12.1 Å². The third-order valence-electron chi connectivity index (χ3n) is 5.62. The van der Waals surface area contributed by atoms with Crippen LogP contribution in [0.4, 0.5) is 0 Å². The van der Waals surface area contributed by atoms with Crippen molar-refractivity contribution < 1.29 is 13.2 Å². The maximum atomic E-state index is 12.5. The molecule has 0 saturated heterocycles. The number of thiol groups is 1.